The number of nitrogens with one attached hydrogen (secondary N) is 1. The Morgan fingerprint density at radius 1 is 1.25 bits per heavy atom. The molecule has 3 nitrogen and oxygen atoms in total. The minimum Gasteiger partial charge on any atom is -0.390 e. The fraction of sp³-hybridized carbons (Fsp3) is 0.214. The Hall–Kier alpha value is -1.95. The highest BCUT2D eigenvalue weighted by Crippen LogP contribution is 2.42. The van der Waals surface area contributed by atoms with Gasteiger partial charge in [-0.1, -0.05) is 0 Å². The number of hydrogen-bond acceptors (Lipinski definition) is 3. The van der Waals surface area contributed by atoms with Crippen molar-refractivity contribution in [3.63, 3.8) is 0 Å². The van der Waals surface area contributed by atoms with Gasteiger partial charge in [0.05, 0.1) is 16.1 Å². The van der Waals surface area contributed by atoms with Crippen LogP contribution in [0.15, 0.2) is 12.1 Å². The van der Waals surface area contributed by atoms with E-state index in [0.717, 1.165) is 30.9 Å². The largest absolute Gasteiger partial charge is 0.390 e. The van der Waals surface area contributed by atoms with E-state index < -0.39 is 11.6 Å². The molecule has 0 atom stereocenters. The summed E-state index contributed by atoms with van der Waals surface area (Å²) in [6.45, 7) is 0. The molecule has 6 heteroatoms. The molecular weight excluding hydrogens is 280 g/mol. The maximum absolute atomic E-state index is 13.7. The maximum atomic E-state index is 13.7. The molecule has 0 saturated carbocycles. The molecule has 0 bridgehead atoms. The van der Waals surface area contributed by atoms with Crippen molar-refractivity contribution in [2.24, 2.45) is 0 Å². The van der Waals surface area contributed by atoms with Crippen LogP contribution >= 0.6 is 11.3 Å². The van der Waals surface area contributed by atoms with Crippen molar-refractivity contribution in [2.45, 2.75) is 19.3 Å². The SMILES string of the molecule is Nc1sc2c(c1-c1nc3c(F)c(F)ccc3[nH]1)CCC2. The number of thiophene rings is 1. The van der Waals surface area contributed by atoms with Crippen LogP contribution in [-0.4, -0.2) is 9.97 Å². The highest BCUT2D eigenvalue weighted by atomic mass is 32.1. The predicted octanol–water partition coefficient (Wildman–Crippen LogP) is 3.64. The zero-order valence-corrected chi connectivity index (χ0v) is 11.3. The van der Waals surface area contributed by atoms with Crippen molar-refractivity contribution in [1.29, 1.82) is 0 Å². The zero-order valence-electron chi connectivity index (χ0n) is 10.5. The van der Waals surface area contributed by atoms with Crippen LogP contribution in [-0.2, 0) is 12.8 Å². The molecule has 1 aliphatic rings. The van der Waals surface area contributed by atoms with Crippen molar-refractivity contribution in [3.05, 3.63) is 34.2 Å². The quantitative estimate of drug-likeness (QED) is 0.719. The third-order valence-corrected chi connectivity index (χ3v) is 4.85. The van der Waals surface area contributed by atoms with E-state index in [-0.39, 0.29) is 5.52 Å². The first-order chi connectivity index (χ1) is 9.65. The van der Waals surface area contributed by atoms with Crippen LogP contribution in [0.3, 0.4) is 0 Å². The second-order valence-corrected chi connectivity index (χ2v) is 6.08. The summed E-state index contributed by atoms with van der Waals surface area (Å²) >= 11 is 1.57. The van der Waals surface area contributed by atoms with Gasteiger partial charge in [0.15, 0.2) is 11.6 Å². The summed E-state index contributed by atoms with van der Waals surface area (Å²) in [6, 6.07) is 2.59. The molecule has 2 aromatic heterocycles. The van der Waals surface area contributed by atoms with Crippen molar-refractivity contribution in [3.8, 4) is 11.4 Å². The summed E-state index contributed by atoms with van der Waals surface area (Å²) < 4.78 is 27.0. The normalized spacial score (nSPS) is 14.1. The molecule has 0 unspecified atom stereocenters. The Bertz CT molecular complexity index is 835. The van der Waals surface area contributed by atoms with Gasteiger partial charge in [-0.2, -0.15) is 0 Å². The van der Waals surface area contributed by atoms with Gasteiger partial charge in [0.25, 0.3) is 0 Å². The summed E-state index contributed by atoms with van der Waals surface area (Å²) in [5.41, 5.74) is 8.63. The molecule has 0 fully saturated rings. The van der Waals surface area contributed by atoms with E-state index in [9.17, 15) is 8.78 Å². The summed E-state index contributed by atoms with van der Waals surface area (Å²) in [5.74, 6) is -1.28. The molecule has 20 heavy (non-hydrogen) atoms. The number of benzene rings is 1. The number of imidazole rings is 1. The minimum atomic E-state index is -0.921. The maximum Gasteiger partial charge on any atom is 0.186 e. The number of nitrogens with two attached hydrogens (primary N) is 1. The van der Waals surface area contributed by atoms with E-state index in [4.69, 9.17) is 5.73 Å². The number of rotatable bonds is 1. The molecule has 1 aromatic carbocycles. The number of anilines is 1. The molecule has 0 spiro atoms. The highest BCUT2D eigenvalue weighted by Gasteiger charge is 2.24. The molecular formula is C14H11F2N3S. The fourth-order valence-corrected chi connectivity index (χ4v) is 3.98. The summed E-state index contributed by atoms with van der Waals surface area (Å²) in [7, 11) is 0. The lowest BCUT2D eigenvalue weighted by molar-refractivity contribution is 0.515. The molecule has 3 aromatic rings. The van der Waals surface area contributed by atoms with E-state index in [1.54, 1.807) is 11.3 Å². The van der Waals surface area contributed by atoms with Crippen LogP contribution < -0.4 is 5.73 Å². The van der Waals surface area contributed by atoms with E-state index in [2.05, 4.69) is 9.97 Å². The van der Waals surface area contributed by atoms with Gasteiger partial charge in [0.2, 0.25) is 0 Å². The van der Waals surface area contributed by atoms with Crippen molar-refractivity contribution in [1.82, 2.24) is 9.97 Å². The molecule has 3 N–H and O–H groups in total. The third kappa shape index (κ3) is 1.51. The molecule has 102 valence electrons. The Morgan fingerprint density at radius 3 is 2.95 bits per heavy atom. The molecule has 0 saturated heterocycles. The number of halogens is 2. The smallest absolute Gasteiger partial charge is 0.186 e. The number of fused-ring (bicyclic) bond motifs is 2. The average molecular weight is 291 g/mol. The fourth-order valence-electron chi connectivity index (χ4n) is 2.82. The predicted molar refractivity (Wildman–Crippen MR) is 75.8 cm³/mol. The number of H-pyrrole nitrogens is 1. The van der Waals surface area contributed by atoms with Crippen LogP contribution in [0.4, 0.5) is 13.8 Å². The second-order valence-electron chi connectivity index (χ2n) is 4.94. The Labute approximate surface area is 117 Å². The average Bonchev–Trinajstić information content (AvgIpc) is 3.07. The Kier molecular flexibility index (Phi) is 2.38. The van der Waals surface area contributed by atoms with Gasteiger partial charge in [-0.25, -0.2) is 13.8 Å². The monoisotopic (exact) mass is 291 g/mol. The highest BCUT2D eigenvalue weighted by molar-refractivity contribution is 7.16. The lowest BCUT2D eigenvalue weighted by Crippen LogP contribution is -1.90. The van der Waals surface area contributed by atoms with Crippen molar-refractivity contribution >= 4 is 27.4 Å². The summed E-state index contributed by atoms with van der Waals surface area (Å²) in [6.07, 6.45) is 3.11. The van der Waals surface area contributed by atoms with Gasteiger partial charge in [0, 0.05) is 4.88 Å². The first-order valence-corrected chi connectivity index (χ1v) is 7.21. The van der Waals surface area contributed by atoms with Gasteiger partial charge in [-0.3, -0.25) is 0 Å². The van der Waals surface area contributed by atoms with Crippen LogP contribution in [0.25, 0.3) is 22.4 Å². The number of aryl methyl sites for hydroxylation is 1. The Morgan fingerprint density at radius 2 is 2.10 bits per heavy atom. The molecule has 1 aliphatic carbocycles. The number of nitrogens with zero attached hydrogens (tertiary/aromatic N) is 1. The van der Waals surface area contributed by atoms with E-state index in [1.807, 2.05) is 0 Å². The lowest BCUT2D eigenvalue weighted by atomic mass is 10.1. The third-order valence-electron chi connectivity index (χ3n) is 3.73. The summed E-state index contributed by atoms with van der Waals surface area (Å²) in [4.78, 5) is 8.54. The van der Waals surface area contributed by atoms with Gasteiger partial charge in [-0.15, -0.1) is 11.3 Å². The van der Waals surface area contributed by atoms with Crippen LogP contribution in [0.2, 0.25) is 0 Å². The Balaban J connectivity index is 1.98. The molecule has 0 radical (unpaired) electrons. The van der Waals surface area contributed by atoms with Gasteiger partial charge < -0.3 is 10.7 Å². The number of nitrogen functional groups attached to an aromatic ring is 1. The van der Waals surface area contributed by atoms with Gasteiger partial charge in [-0.05, 0) is 37.0 Å². The first kappa shape index (κ1) is 11.8. The van der Waals surface area contributed by atoms with Gasteiger partial charge in [0.1, 0.15) is 11.3 Å². The molecule has 0 amide bonds. The standard InChI is InChI=1S/C14H11F2N3S/c15-7-4-5-8-12(11(7)16)19-14(18-8)10-6-2-1-3-9(6)20-13(10)17/h4-5H,1-3,17H2,(H,18,19). The van der Waals surface area contributed by atoms with Crippen LogP contribution in [0.1, 0.15) is 16.9 Å². The number of hydrogen-bond donors (Lipinski definition) is 2. The van der Waals surface area contributed by atoms with Crippen molar-refractivity contribution in [2.75, 3.05) is 5.73 Å². The topological polar surface area (TPSA) is 54.7 Å². The van der Waals surface area contributed by atoms with Crippen LogP contribution in [0.5, 0.6) is 0 Å². The van der Waals surface area contributed by atoms with E-state index >= 15 is 0 Å². The second kappa shape index (κ2) is 4.02. The summed E-state index contributed by atoms with van der Waals surface area (Å²) in [5, 5.41) is 0.689. The van der Waals surface area contributed by atoms with Gasteiger partial charge >= 0.3 is 0 Å². The lowest BCUT2D eigenvalue weighted by Gasteiger charge is -1.98. The molecule has 0 aliphatic heterocycles. The molecule has 4 rings (SSSR count). The van der Waals surface area contributed by atoms with E-state index in [0.29, 0.717) is 16.3 Å². The first-order valence-electron chi connectivity index (χ1n) is 6.39. The number of aromatic nitrogens is 2. The zero-order chi connectivity index (χ0) is 13.9. The van der Waals surface area contributed by atoms with Crippen LogP contribution in [0, 0.1) is 11.6 Å². The number of aromatic amines is 1. The molecule has 2 heterocycles. The van der Waals surface area contributed by atoms with E-state index in [1.165, 1.54) is 16.5 Å². The minimum absolute atomic E-state index is 0.0253. The van der Waals surface area contributed by atoms with Crippen molar-refractivity contribution < 1.29 is 8.78 Å².